The number of hydrogen-bond acceptors (Lipinski definition) is 6. The van der Waals surface area contributed by atoms with E-state index in [0.29, 0.717) is 0 Å². The molecule has 0 atom stereocenters. The first kappa shape index (κ1) is 13.7. The lowest BCUT2D eigenvalue weighted by Crippen LogP contribution is -2.05. The predicted molar refractivity (Wildman–Crippen MR) is 69.3 cm³/mol. The molecule has 0 bridgehead atoms. The number of ether oxygens (including phenoxy) is 1. The summed E-state index contributed by atoms with van der Waals surface area (Å²) in [6.07, 6.45) is 0. The number of hydrogen-bond donors (Lipinski definition) is 0. The molecular weight excluding hydrogens is 264 g/mol. The molecule has 0 aliphatic rings. The highest BCUT2D eigenvalue weighted by atomic mass is 16.6. The molecule has 2 aromatic rings. The summed E-state index contributed by atoms with van der Waals surface area (Å²) in [5, 5.41) is 11.0. The van der Waals surface area contributed by atoms with Crippen LogP contribution in [0.5, 0.6) is 0 Å². The van der Waals surface area contributed by atoms with Gasteiger partial charge in [-0.1, -0.05) is 12.1 Å². The molecule has 0 unspecified atom stereocenters. The third-order valence-corrected chi connectivity index (χ3v) is 2.55. The van der Waals surface area contributed by atoms with Crippen molar-refractivity contribution in [3.63, 3.8) is 0 Å². The molecule has 1 heterocycles. The van der Waals surface area contributed by atoms with Gasteiger partial charge < -0.3 is 9.15 Å². The first-order chi connectivity index (χ1) is 9.54. The Labute approximate surface area is 114 Å². The van der Waals surface area contributed by atoms with Crippen molar-refractivity contribution in [3.05, 3.63) is 46.0 Å². The summed E-state index contributed by atoms with van der Waals surface area (Å²) in [4.78, 5) is 26.4. The molecule has 7 nitrogen and oxygen atoms in total. The molecule has 2 rings (SSSR count). The number of nitrogens with zero attached hydrogens (tertiary/aromatic N) is 2. The van der Waals surface area contributed by atoms with Crippen molar-refractivity contribution in [2.45, 2.75) is 13.8 Å². The number of aryl methyl sites for hydroxylation is 1. The summed E-state index contributed by atoms with van der Waals surface area (Å²) in [6.45, 7) is 3.39. The van der Waals surface area contributed by atoms with Crippen LogP contribution in [0.25, 0.3) is 11.3 Å². The first-order valence-electron chi connectivity index (χ1n) is 5.93. The van der Waals surface area contributed by atoms with Crippen LogP contribution >= 0.6 is 0 Å². The Kier molecular flexibility index (Phi) is 3.79. The number of rotatable bonds is 4. The maximum absolute atomic E-state index is 11.8. The van der Waals surface area contributed by atoms with Gasteiger partial charge in [-0.3, -0.25) is 10.1 Å². The second-order valence-electron chi connectivity index (χ2n) is 3.91. The minimum atomic E-state index is -0.693. The maximum Gasteiger partial charge on any atom is 0.376 e. The van der Waals surface area contributed by atoms with Crippen LogP contribution in [0.4, 0.5) is 5.69 Å². The van der Waals surface area contributed by atoms with Crippen LogP contribution < -0.4 is 0 Å². The third-order valence-electron chi connectivity index (χ3n) is 2.55. The van der Waals surface area contributed by atoms with Crippen molar-refractivity contribution >= 4 is 11.7 Å². The van der Waals surface area contributed by atoms with Crippen LogP contribution in [0, 0.1) is 17.0 Å². The first-order valence-corrected chi connectivity index (χ1v) is 5.93. The topological polar surface area (TPSA) is 95.5 Å². The van der Waals surface area contributed by atoms with Gasteiger partial charge in [0.1, 0.15) is 5.69 Å². The van der Waals surface area contributed by atoms with E-state index >= 15 is 0 Å². The van der Waals surface area contributed by atoms with Crippen LogP contribution in [-0.2, 0) is 4.74 Å². The highest BCUT2D eigenvalue weighted by Gasteiger charge is 2.26. The number of carbonyl (C=O) groups is 1. The summed E-state index contributed by atoms with van der Waals surface area (Å²) in [6, 6.07) is 6.02. The van der Waals surface area contributed by atoms with E-state index < -0.39 is 10.9 Å². The number of carbonyl (C=O) groups excluding carboxylic acids is 1. The van der Waals surface area contributed by atoms with Gasteiger partial charge >= 0.3 is 5.97 Å². The van der Waals surface area contributed by atoms with Gasteiger partial charge in [0.2, 0.25) is 5.76 Å². The van der Waals surface area contributed by atoms with Gasteiger partial charge in [-0.2, -0.15) is 0 Å². The number of para-hydroxylation sites is 1. The normalized spacial score (nSPS) is 10.3. The van der Waals surface area contributed by atoms with E-state index in [1.807, 2.05) is 0 Å². The lowest BCUT2D eigenvalue weighted by atomic mass is 10.1. The fourth-order valence-electron chi connectivity index (χ4n) is 1.78. The Morgan fingerprint density at radius 3 is 2.80 bits per heavy atom. The number of aromatic nitrogens is 1. The minimum Gasteiger partial charge on any atom is -0.460 e. The van der Waals surface area contributed by atoms with Crippen molar-refractivity contribution in [2.24, 2.45) is 0 Å². The molecule has 0 spiro atoms. The lowest BCUT2D eigenvalue weighted by Gasteiger charge is -2.02. The van der Waals surface area contributed by atoms with E-state index in [4.69, 9.17) is 9.15 Å². The summed E-state index contributed by atoms with van der Waals surface area (Å²) < 4.78 is 10.1. The predicted octanol–water partition coefficient (Wildman–Crippen LogP) is 2.73. The molecule has 7 heteroatoms. The van der Waals surface area contributed by atoms with E-state index in [-0.39, 0.29) is 35.2 Å². The van der Waals surface area contributed by atoms with Gasteiger partial charge in [-0.15, -0.1) is 0 Å². The van der Waals surface area contributed by atoms with Gasteiger partial charge in [0.15, 0.2) is 5.89 Å². The zero-order valence-corrected chi connectivity index (χ0v) is 11.0. The molecule has 0 N–H and O–H groups in total. The summed E-state index contributed by atoms with van der Waals surface area (Å²) in [5.41, 5.74) is 0.192. The molecule has 104 valence electrons. The van der Waals surface area contributed by atoms with Crippen LogP contribution in [0.1, 0.15) is 23.4 Å². The maximum atomic E-state index is 11.8. The Morgan fingerprint density at radius 2 is 2.15 bits per heavy atom. The molecule has 1 aromatic heterocycles. The Hall–Kier alpha value is -2.70. The zero-order valence-electron chi connectivity index (χ0n) is 11.0. The van der Waals surface area contributed by atoms with Gasteiger partial charge in [-0.05, 0) is 13.0 Å². The average Bonchev–Trinajstić information content (AvgIpc) is 2.81. The van der Waals surface area contributed by atoms with Crippen molar-refractivity contribution in [3.8, 4) is 11.3 Å². The van der Waals surface area contributed by atoms with Crippen molar-refractivity contribution < 1.29 is 18.9 Å². The number of esters is 1. The summed E-state index contributed by atoms with van der Waals surface area (Å²) in [7, 11) is 0. The van der Waals surface area contributed by atoms with Crippen LogP contribution in [0.3, 0.4) is 0 Å². The van der Waals surface area contributed by atoms with Gasteiger partial charge in [0.25, 0.3) is 5.69 Å². The summed E-state index contributed by atoms with van der Waals surface area (Å²) >= 11 is 0. The fraction of sp³-hybridized carbons (Fsp3) is 0.231. The smallest absolute Gasteiger partial charge is 0.376 e. The molecule has 0 aliphatic heterocycles. The highest BCUT2D eigenvalue weighted by molar-refractivity contribution is 5.94. The highest BCUT2D eigenvalue weighted by Crippen LogP contribution is 2.32. The quantitative estimate of drug-likeness (QED) is 0.484. The summed E-state index contributed by atoms with van der Waals surface area (Å²) in [5.74, 6) is -0.582. The van der Waals surface area contributed by atoms with Crippen LogP contribution in [0.15, 0.2) is 28.7 Å². The Balaban J connectivity index is 2.59. The van der Waals surface area contributed by atoms with Crippen molar-refractivity contribution in [2.75, 3.05) is 6.61 Å². The van der Waals surface area contributed by atoms with E-state index in [1.165, 1.54) is 12.1 Å². The van der Waals surface area contributed by atoms with E-state index in [9.17, 15) is 14.9 Å². The second kappa shape index (κ2) is 5.52. The van der Waals surface area contributed by atoms with Gasteiger partial charge in [0.05, 0.1) is 17.1 Å². The molecule has 0 aliphatic carbocycles. The SMILES string of the molecule is CCOC(=O)c1oc(C)nc1-c1ccccc1[N+](=O)[O-]. The molecule has 0 amide bonds. The second-order valence-corrected chi connectivity index (χ2v) is 3.91. The molecule has 20 heavy (non-hydrogen) atoms. The average molecular weight is 276 g/mol. The van der Waals surface area contributed by atoms with E-state index in [1.54, 1.807) is 26.0 Å². The Bertz CT molecular complexity index is 663. The van der Waals surface area contributed by atoms with E-state index in [0.717, 1.165) is 0 Å². The van der Waals surface area contributed by atoms with Gasteiger partial charge in [0, 0.05) is 13.0 Å². The molecule has 0 saturated carbocycles. The number of benzene rings is 1. The number of nitro groups is 1. The zero-order chi connectivity index (χ0) is 14.7. The molecule has 0 radical (unpaired) electrons. The monoisotopic (exact) mass is 276 g/mol. The van der Waals surface area contributed by atoms with E-state index in [2.05, 4.69) is 4.98 Å². The largest absolute Gasteiger partial charge is 0.460 e. The van der Waals surface area contributed by atoms with Crippen LogP contribution in [-0.4, -0.2) is 22.5 Å². The number of nitro benzene ring substituents is 1. The number of oxazole rings is 1. The molecular formula is C13H12N2O5. The third kappa shape index (κ3) is 2.51. The minimum absolute atomic E-state index is 0.119. The molecule has 0 fully saturated rings. The van der Waals surface area contributed by atoms with Crippen LogP contribution in [0.2, 0.25) is 0 Å². The molecule has 0 saturated heterocycles. The Morgan fingerprint density at radius 1 is 1.45 bits per heavy atom. The standard InChI is InChI=1S/C13H12N2O5/c1-3-19-13(16)12-11(14-8(2)20-12)9-6-4-5-7-10(9)15(17)18/h4-7H,3H2,1-2H3. The molecule has 1 aromatic carbocycles. The van der Waals surface area contributed by atoms with Gasteiger partial charge in [-0.25, -0.2) is 9.78 Å². The van der Waals surface area contributed by atoms with Crippen molar-refractivity contribution in [1.82, 2.24) is 4.98 Å². The fourth-order valence-corrected chi connectivity index (χ4v) is 1.78. The van der Waals surface area contributed by atoms with Crippen molar-refractivity contribution in [1.29, 1.82) is 0 Å². The lowest BCUT2D eigenvalue weighted by molar-refractivity contribution is -0.384.